The van der Waals surface area contributed by atoms with Gasteiger partial charge in [0.2, 0.25) is 11.8 Å². The zero-order chi connectivity index (χ0) is 22.9. The Bertz CT molecular complexity index is 1410. The summed E-state index contributed by atoms with van der Waals surface area (Å²) in [4.78, 5) is 46.1. The lowest BCUT2D eigenvalue weighted by Gasteiger charge is -2.17. The molecule has 9 heteroatoms. The van der Waals surface area contributed by atoms with E-state index in [0.29, 0.717) is 35.5 Å². The van der Waals surface area contributed by atoms with E-state index < -0.39 is 5.92 Å². The number of anilines is 1. The number of rotatable bonds is 5. The van der Waals surface area contributed by atoms with Crippen LogP contribution in [0.5, 0.6) is 0 Å². The third kappa shape index (κ3) is 4.00. The minimum Gasteiger partial charge on any atom is -0.338 e. The van der Waals surface area contributed by atoms with Gasteiger partial charge in [-0.15, -0.1) is 0 Å². The van der Waals surface area contributed by atoms with Crippen LogP contribution in [0.3, 0.4) is 0 Å². The smallest absolute Gasteiger partial charge is 0.261 e. The molecule has 2 aromatic carbocycles. The number of aromatic nitrogens is 4. The van der Waals surface area contributed by atoms with Gasteiger partial charge in [-0.2, -0.15) is 5.10 Å². The Morgan fingerprint density at radius 2 is 1.94 bits per heavy atom. The predicted octanol–water partition coefficient (Wildman–Crippen LogP) is 2.40. The Balaban J connectivity index is 1.34. The third-order valence-electron chi connectivity index (χ3n) is 5.84. The molecule has 1 aliphatic heterocycles. The van der Waals surface area contributed by atoms with Gasteiger partial charge in [0, 0.05) is 19.5 Å². The summed E-state index contributed by atoms with van der Waals surface area (Å²) >= 11 is 0. The molecule has 9 nitrogen and oxygen atoms in total. The maximum atomic E-state index is 13.1. The standard InChI is InChI=1S/C24H22N6O3/c1-15-6-8-16(9-7-15)12-29-13-17(10-21(29)31)23(32)28-19-4-2-3-5-20(19)30-22-18(11-27-30)24(33)26-14-25-22/h2-9,11,14,17H,10,12-13H2,1H3,(H,28,32)(H,25,26,33). The van der Waals surface area contributed by atoms with Crippen LogP contribution in [0.2, 0.25) is 0 Å². The molecule has 0 spiro atoms. The molecule has 0 saturated carbocycles. The lowest BCUT2D eigenvalue weighted by Crippen LogP contribution is -2.28. The average Bonchev–Trinajstić information content (AvgIpc) is 3.40. The van der Waals surface area contributed by atoms with Crippen molar-refractivity contribution < 1.29 is 9.59 Å². The van der Waals surface area contributed by atoms with Crippen molar-refractivity contribution in [2.75, 3.05) is 11.9 Å². The van der Waals surface area contributed by atoms with Gasteiger partial charge in [0.1, 0.15) is 5.39 Å². The number of hydrogen-bond donors (Lipinski definition) is 2. The van der Waals surface area contributed by atoms with Crippen molar-refractivity contribution in [3.05, 3.63) is 82.5 Å². The second-order valence-corrected chi connectivity index (χ2v) is 8.19. The quantitative estimate of drug-likeness (QED) is 0.493. The van der Waals surface area contributed by atoms with Gasteiger partial charge in [-0.1, -0.05) is 42.0 Å². The number of nitrogens with zero attached hydrogens (tertiary/aromatic N) is 4. The highest BCUT2D eigenvalue weighted by molar-refractivity contribution is 5.98. The lowest BCUT2D eigenvalue weighted by atomic mass is 10.1. The van der Waals surface area contributed by atoms with E-state index in [-0.39, 0.29) is 23.8 Å². The van der Waals surface area contributed by atoms with Crippen LogP contribution in [0.1, 0.15) is 17.5 Å². The number of para-hydroxylation sites is 2. The molecule has 0 radical (unpaired) electrons. The molecule has 2 aromatic heterocycles. The number of H-pyrrole nitrogens is 1. The molecule has 1 atom stereocenters. The van der Waals surface area contributed by atoms with Gasteiger partial charge >= 0.3 is 0 Å². The number of hydrogen-bond acceptors (Lipinski definition) is 5. The van der Waals surface area contributed by atoms with Crippen LogP contribution in [0, 0.1) is 12.8 Å². The van der Waals surface area contributed by atoms with Crippen LogP contribution in [-0.2, 0) is 16.1 Å². The van der Waals surface area contributed by atoms with Crippen LogP contribution in [0.15, 0.2) is 65.8 Å². The maximum absolute atomic E-state index is 13.1. The molecular weight excluding hydrogens is 420 g/mol. The summed E-state index contributed by atoms with van der Waals surface area (Å²) < 4.78 is 1.52. The molecule has 33 heavy (non-hydrogen) atoms. The van der Waals surface area contributed by atoms with Gasteiger partial charge in [-0.25, -0.2) is 9.67 Å². The number of amides is 2. The highest BCUT2D eigenvalue weighted by atomic mass is 16.2. The van der Waals surface area contributed by atoms with Gasteiger partial charge in [-0.05, 0) is 24.6 Å². The molecule has 166 valence electrons. The van der Waals surface area contributed by atoms with E-state index in [1.165, 1.54) is 17.2 Å². The molecule has 2 amide bonds. The number of fused-ring (bicyclic) bond motifs is 1. The second kappa shape index (κ2) is 8.34. The highest BCUT2D eigenvalue weighted by Crippen LogP contribution is 2.26. The Morgan fingerprint density at radius 3 is 2.76 bits per heavy atom. The molecule has 0 aliphatic carbocycles. The fourth-order valence-corrected chi connectivity index (χ4v) is 4.05. The van der Waals surface area contributed by atoms with Gasteiger partial charge in [0.15, 0.2) is 5.65 Å². The van der Waals surface area contributed by atoms with Crippen LogP contribution in [-0.4, -0.2) is 43.0 Å². The van der Waals surface area contributed by atoms with Crippen molar-refractivity contribution in [2.24, 2.45) is 5.92 Å². The van der Waals surface area contributed by atoms with E-state index in [0.717, 1.165) is 11.1 Å². The van der Waals surface area contributed by atoms with Crippen LogP contribution in [0.4, 0.5) is 5.69 Å². The zero-order valence-electron chi connectivity index (χ0n) is 18.0. The molecule has 4 aromatic rings. The summed E-state index contributed by atoms with van der Waals surface area (Å²) in [7, 11) is 0. The number of carbonyl (C=O) groups is 2. The monoisotopic (exact) mass is 442 g/mol. The normalized spacial score (nSPS) is 15.8. The van der Waals surface area contributed by atoms with Gasteiger partial charge in [0.25, 0.3) is 5.56 Å². The topological polar surface area (TPSA) is 113 Å². The van der Waals surface area contributed by atoms with E-state index in [1.807, 2.05) is 37.3 Å². The molecule has 0 bridgehead atoms. The Kier molecular flexibility index (Phi) is 5.21. The van der Waals surface area contributed by atoms with Crippen molar-refractivity contribution >= 4 is 28.5 Å². The maximum Gasteiger partial charge on any atom is 0.261 e. The van der Waals surface area contributed by atoms with E-state index in [9.17, 15) is 14.4 Å². The summed E-state index contributed by atoms with van der Waals surface area (Å²) in [5, 5.41) is 7.58. The molecule has 1 unspecified atom stereocenters. The zero-order valence-corrected chi connectivity index (χ0v) is 18.0. The first-order valence-electron chi connectivity index (χ1n) is 10.6. The molecule has 1 aliphatic rings. The van der Waals surface area contributed by atoms with Crippen LogP contribution >= 0.6 is 0 Å². The average molecular weight is 442 g/mol. The first kappa shape index (κ1) is 20.6. The molecule has 3 heterocycles. The Labute approximate surface area is 189 Å². The minimum absolute atomic E-state index is 0.0366. The Morgan fingerprint density at radius 1 is 1.15 bits per heavy atom. The number of benzene rings is 2. The number of aromatic amines is 1. The third-order valence-corrected chi connectivity index (χ3v) is 5.84. The number of likely N-dealkylation sites (tertiary alicyclic amines) is 1. The molecule has 5 rings (SSSR count). The van der Waals surface area contributed by atoms with Crippen molar-refractivity contribution in [3.63, 3.8) is 0 Å². The molecule has 1 saturated heterocycles. The lowest BCUT2D eigenvalue weighted by molar-refractivity contribution is -0.128. The minimum atomic E-state index is -0.452. The molecule has 2 N–H and O–H groups in total. The van der Waals surface area contributed by atoms with Crippen LogP contribution < -0.4 is 10.9 Å². The largest absolute Gasteiger partial charge is 0.338 e. The fourth-order valence-electron chi connectivity index (χ4n) is 4.05. The molecular formula is C24H22N6O3. The SMILES string of the molecule is Cc1ccc(CN2CC(C(=O)Nc3ccccc3-n3ncc4c(=O)[nH]cnc43)CC2=O)cc1. The van der Waals surface area contributed by atoms with Crippen molar-refractivity contribution in [2.45, 2.75) is 19.9 Å². The molecule has 1 fully saturated rings. The van der Waals surface area contributed by atoms with Gasteiger partial charge in [-0.3, -0.25) is 14.4 Å². The highest BCUT2D eigenvalue weighted by Gasteiger charge is 2.34. The second-order valence-electron chi connectivity index (χ2n) is 8.19. The van der Waals surface area contributed by atoms with E-state index in [1.54, 1.807) is 23.1 Å². The number of carbonyl (C=O) groups excluding carboxylic acids is 2. The summed E-state index contributed by atoms with van der Waals surface area (Å²) in [5.41, 5.74) is 3.41. The van der Waals surface area contributed by atoms with Gasteiger partial charge < -0.3 is 15.2 Å². The summed E-state index contributed by atoms with van der Waals surface area (Å²) in [6.07, 6.45) is 2.93. The van der Waals surface area contributed by atoms with Crippen molar-refractivity contribution in [3.8, 4) is 5.69 Å². The van der Waals surface area contributed by atoms with E-state index >= 15 is 0 Å². The van der Waals surface area contributed by atoms with Crippen LogP contribution in [0.25, 0.3) is 16.7 Å². The summed E-state index contributed by atoms with van der Waals surface area (Å²) in [5.74, 6) is -0.721. The summed E-state index contributed by atoms with van der Waals surface area (Å²) in [6, 6.07) is 15.2. The first-order chi connectivity index (χ1) is 16.0. The number of nitrogens with one attached hydrogen (secondary N) is 2. The number of aryl methyl sites for hydroxylation is 1. The predicted molar refractivity (Wildman–Crippen MR) is 123 cm³/mol. The van der Waals surface area contributed by atoms with Crippen molar-refractivity contribution in [1.29, 1.82) is 0 Å². The van der Waals surface area contributed by atoms with E-state index in [4.69, 9.17) is 0 Å². The van der Waals surface area contributed by atoms with E-state index in [2.05, 4.69) is 20.4 Å². The first-order valence-corrected chi connectivity index (χ1v) is 10.6. The Hall–Kier alpha value is -4.27. The van der Waals surface area contributed by atoms with Crippen molar-refractivity contribution in [1.82, 2.24) is 24.6 Å². The fraction of sp³-hybridized carbons (Fsp3) is 0.208. The van der Waals surface area contributed by atoms with Gasteiger partial charge in [0.05, 0.1) is 29.8 Å². The summed E-state index contributed by atoms with van der Waals surface area (Å²) in [6.45, 7) is 2.87.